The molecule has 0 unspecified atom stereocenters. The van der Waals surface area contributed by atoms with Gasteiger partial charge in [0.25, 0.3) is 0 Å². The van der Waals surface area contributed by atoms with Crippen molar-refractivity contribution in [3.05, 3.63) is 60.8 Å². The molecule has 2 aromatic carbocycles. The van der Waals surface area contributed by atoms with Gasteiger partial charge in [-0.1, -0.05) is 0 Å². The van der Waals surface area contributed by atoms with Crippen LogP contribution in [0.25, 0.3) is 14.5 Å². The number of halogens is 1. The molecule has 0 aliphatic heterocycles. The van der Waals surface area contributed by atoms with Crippen LogP contribution in [0.5, 0.6) is 0 Å². The third kappa shape index (κ3) is 4.85. The van der Waals surface area contributed by atoms with Crippen LogP contribution in [0.4, 0.5) is 0 Å². The van der Waals surface area contributed by atoms with E-state index in [0.29, 0.717) is 0 Å². The fraction of sp³-hybridized carbons (Fsp3) is 0. The van der Waals surface area contributed by atoms with Gasteiger partial charge in [0.1, 0.15) is 0 Å². The van der Waals surface area contributed by atoms with Gasteiger partial charge in [0, 0.05) is 0 Å². The summed E-state index contributed by atoms with van der Waals surface area (Å²) in [5.41, 5.74) is 1.32. The molecule has 0 saturated carbocycles. The Morgan fingerprint density at radius 3 is 1.95 bits per heavy atom. The Kier molecular flexibility index (Phi) is 5.13. The summed E-state index contributed by atoms with van der Waals surface area (Å²) in [5, 5.41) is 1.39. The predicted molar refractivity (Wildman–Crippen MR) is 62.4 cm³/mol. The van der Waals surface area contributed by atoms with Gasteiger partial charge in [0.2, 0.25) is 0 Å². The summed E-state index contributed by atoms with van der Waals surface area (Å²) in [4.78, 5) is 0. The first-order chi connectivity index (χ1) is 9.43. The van der Waals surface area contributed by atoms with E-state index in [1.54, 1.807) is 0 Å². The number of fused-ring (bicyclic) bond motifs is 1. The number of benzene rings is 2. The van der Waals surface area contributed by atoms with E-state index >= 15 is 0 Å². The average Bonchev–Trinajstić information content (AvgIpc) is 2.81. The van der Waals surface area contributed by atoms with E-state index in [2.05, 4.69) is 63.6 Å². The number of aromatic nitrogens is 1. The molecule has 1 aromatic heterocycles. The van der Waals surface area contributed by atoms with Crippen LogP contribution >= 0.6 is 0 Å². The maximum atomic E-state index is 8.49. The molecular weight excluding hydrogens is 397 g/mol. The van der Waals surface area contributed by atoms with Crippen molar-refractivity contribution < 1.29 is 31.7 Å². The van der Waals surface area contributed by atoms with Gasteiger partial charge in [-0.2, -0.15) is 0 Å². The molecule has 0 amide bonds. The van der Waals surface area contributed by atoms with Gasteiger partial charge < -0.3 is 0 Å². The van der Waals surface area contributed by atoms with Gasteiger partial charge in [-0.3, -0.25) is 0 Å². The average molecular weight is 407 g/mol. The second-order valence-corrected chi connectivity index (χ2v) is 7.45. The van der Waals surface area contributed by atoms with Crippen LogP contribution in [0, 0.1) is 10.2 Å². The molecular formula is C13H10ClNO4Te. The first-order valence-electron chi connectivity index (χ1n) is 5.51. The molecule has 0 aliphatic carbocycles. The summed E-state index contributed by atoms with van der Waals surface area (Å²) >= 11 is -0.232. The van der Waals surface area contributed by atoms with E-state index in [9.17, 15) is 0 Å². The molecule has 7 heteroatoms. The second kappa shape index (κ2) is 6.66. The van der Waals surface area contributed by atoms with E-state index in [1.807, 2.05) is 0 Å². The van der Waals surface area contributed by atoms with E-state index in [0.717, 1.165) is 0 Å². The van der Waals surface area contributed by atoms with Gasteiger partial charge in [-0.25, -0.2) is 18.6 Å². The van der Waals surface area contributed by atoms with E-state index in [-0.39, 0.29) is 20.7 Å². The van der Waals surface area contributed by atoms with Crippen molar-refractivity contribution >= 4 is 29.5 Å². The standard InChI is InChI=1S/C13H10NTe.ClHO4/c1-2-7-12(8-3-1)14-10-11-6-4-5-9-13(11)15-14;2-1(3,4)5/h1-10H;(H,2,3,4,5)/q+1;/p-1. The maximum absolute atomic E-state index is 8.49. The molecule has 0 spiro atoms. The minimum atomic E-state index is -4.94. The van der Waals surface area contributed by atoms with Crippen LogP contribution in [0.1, 0.15) is 0 Å². The summed E-state index contributed by atoms with van der Waals surface area (Å²) in [6.07, 6.45) is 2.27. The number of rotatable bonds is 1. The quantitative estimate of drug-likeness (QED) is 0.414. The summed E-state index contributed by atoms with van der Waals surface area (Å²) in [6, 6.07) is 19.3. The van der Waals surface area contributed by atoms with Crippen molar-refractivity contribution in [1.82, 2.24) is 0 Å². The first kappa shape index (κ1) is 15.4. The van der Waals surface area contributed by atoms with Crippen molar-refractivity contribution in [1.29, 1.82) is 0 Å². The number of nitrogens with zero attached hydrogens (tertiary/aromatic N) is 1. The molecule has 3 rings (SSSR count). The Morgan fingerprint density at radius 1 is 0.800 bits per heavy atom. The van der Waals surface area contributed by atoms with Crippen molar-refractivity contribution in [2.75, 3.05) is 0 Å². The summed E-state index contributed by atoms with van der Waals surface area (Å²) in [6.45, 7) is 0. The Labute approximate surface area is 127 Å². The third-order valence-corrected chi connectivity index (χ3v) is 5.47. The molecule has 20 heavy (non-hydrogen) atoms. The van der Waals surface area contributed by atoms with Crippen molar-refractivity contribution in [2.45, 2.75) is 0 Å². The van der Waals surface area contributed by atoms with Crippen molar-refractivity contribution in [3.8, 4) is 5.69 Å². The van der Waals surface area contributed by atoms with Crippen LogP contribution in [0.3, 0.4) is 0 Å². The van der Waals surface area contributed by atoms with Crippen LogP contribution in [0.15, 0.2) is 60.8 Å². The zero-order chi connectivity index (χ0) is 14.6. The zero-order valence-electron chi connectivity index (χ0n) is 10.1. The Morgan fingerprint density at radius 2 is 1.35 bits per heavy atom. The van der Waals surface area contributed by atoms with Gasteiger partial charge in [-0.05, 0) is 0 Å². The predicted octanol–water partition coefficient (Wildman–Crippen LogP) is -2.58. The number of para-hydroxylation sites is 1. The molecule has 104 valence electrons. The van der Waals surface area contributed by atoms with Gasteiger partial charge in [0.05, 0.1) is 0 Å². The van der Waals surface area contributed by atoms with Crippen LogP contribution < -0.4 is 21.4 Å². The molecule has 5 nitrogen and oxygen atoms in total. The molecule has 0 fully saturated rings. The van der Waals surface area contributed by atoms with Crippen LogP contribution in [-0.4, -0.2) is 20.7 Å². The molecule has 0 saturated heterocycles. The van der Waals surface area contributed by atoms with E-state index in [4.69, 9.17) is 18.6 Å². The second-order valence-electron chi connectivity index (χ2n) is 3.80. The number of hydrogen-bond acceptors (Lipinski definition) is 4. The molecule has 0 aliphatic rings. The van der Waals surface area contributed by atoms with Gasteiger partial charge in [-0.15, -0.1) is 10.2 Å². The molecule has 3 aromatic rings. The van der Waals surface area contributed by atoms with Crippen molar-refractivity contribution in [3.63, 3.8) is 0 Å². The fourth-order valence-electron chi connectivity index (χ4n) is 1.63. The Bertz CT molecular complexity index is 642. The topological polar surface area (TPSA) is 96.1 Å². The summed E-state index contributed by atoms with van der Waals surface area (Å²) < 4.78 is 37.9. The van der Waals surface area contributed by atoms with E-state index < -0.39 is 10.2 Å². The SMILES string of the molecule is [O-][Cl+3]([O-])([O-])[O-].c1ccc(-[n+]2cc3ccccc3[te]2)cc1. The van der Waals surface area contributed by atoms with Crippen LogP contribution in [0.2, 0.25) is 0 Å². The Balaban J connectivity index is 0.000000257. The number of hydrogen-bond donors (Lipinski definition) is 0. The summed E-state index contributed by atoms with van der Waals surface area (Å²) in [7, 11) is -4.94. The fourth-order valence-corrected chi connectivity index (χ4v) is 4.40. The van der Waals surface area contributed by atoms with Crippen LogP contribution in [-0.2, 0) is 0 Å². The molecule has 1 heterocycles. The molecule has 0 atom stereocenters. The minimum absolute atomic E-state index is 0.232. The zero-order valence-corrected chi connectivity index (χ0v) is 13.2. The molecule has 0 radical (unpaired) electrons. The first-order valence-corrected chi connectivity index (χ1v) is 8.95. The monoisotopic (exact) mass is 409 g/mol. The molecule has 0 N–H and O–H groups in total. The van der Waals surface area contributed by atoms with Gasteiger partial charge >= 0.3 is 98.8 Å². The van der Waals surface area contributed by atoms with Gasteiger partial charge in [0.15, 0.2) is 0 Å². The normalized spacial score (nSPS) is 11.0. The van der Waals surface area contributed by atoms with Crippen molar-refractivity contribution in [2.24, 2.45) is 0 Å². The third-order valence-electron chi connectivity index (χ3n) is 2.38. The summed E-state index contributed by atoms with van der Waals surface area (Å²) in [5.74, 6) is 0. The van der Waals surface area contributed by atoms with E-state index in [1.165, 1.54) is 14.5 Å². The Hall–Kier alpha value is -0.970. The molecule has 0 bridgehead atoms.